The van der Waals surface area contributed by atoms with Gasteiger partial charge in [-0.1, -0.05) is 12.1 Å². The van der Waals surface area contributed by atoms with Gasteiger partial charge in [0.1, 0.15) is 17.4 Å². The second-order valence-corrected chi connectivity index (χ2v) is 7.66. The van der Waals surface area contributed by atoms with Gasteiger partial charge in [0.15, 0.2) is 0 Å². The second kappa shape index (κ2) is 7.35. The molecule has 2 atom stereocenters. The van der Waals surface area contributed by atoms with E-state index in [-0.39, 0.29) is 11.6 Å². The molecule has 2 nitrogen and oxygen atoms in total. The highest BCUT2D eigenvalue weighted by Gasteiger charge is 2.54. The van der Waals surface area contributed by atoms with Crippen LogP contribution in [0.5, 0.6) is 5.75 Å². The van der Waals surface area contributed by atoms with Crippen molar-refractivity contribution >= 4 is 0 Å². The summed E-state index contributed by atoms with van der Waals surface area (Å²) < 4.78 is 68.0. The molecule has 0 radical (unpaired) electrons. The lowest BCUT2D eigenvalue weighted by Gasteiger charge is -2.20. The summed E-state index contributed by atoms with van der Waals surface area (Å²) in [5, 5.41) is 0. The average molecular weight is 397 g/mol. The normalized spacial score (nSPS) is 24.2. The van der Waals surface area contributed by atoms with Gasteiger partial charge in [-0.15, -0.1) is 13.2 Å². The number of alkyl halides is 3. The number of hydrogen-bond acceptors (Lipinski definition) is 2. The molecule has 1 aliphatic heterocycles. The zero-order valence-electron chi connectivity index (χ0n) is 15.1. The SMILES string of the molecule is Fc1ccc(F)c(CN2CC3C(CCc4cccc(OC(F)(F)F)c4)C3C2)c1. The molecule has 2 unspecified atom stereocenters. The van der Waals surface area contributed by atoms with Crippen molar-refractivity contribution in [3.8, 4) is 5.75 Å². The first-order chi connectivity index (χ1) is 13.3. The molecular formula is C21H20F5NO. The summed E-state index contributed by atoms with van der Waals surface area (Å²) in [4.78, 5) is 2.14. The number of nitrogens with zero attached hydrogens (tertiary/aromatic N) is 1. The highest BCUT2D eigenvalue weighted by Crippen LogP contribution is 2.54. The Kier molecular flexibility index (Phi) is 5.04. The van der Waals surface area contributed by atoms with Crippen molar-refractivity contribution in [1.82, 2.24) is 4.90 Å². The third-order valence-corrected chi connectivity index (χ3v) is 5.75. The van der Waals surface area contributed by atoms with Crippen molar-refractivity contribution < 1.29 is 26.7 Å². The third kappa shape index (κ3) is 4.46. The number of benzene rings is 2. The van der Waals surface area contributed by atoms with Crippen LogP contribution in [0.2, 0.25) is 0 Å². The van der Waals surface area contributed by atoms with Gasteiger partial charge in [-0.25, -0.2) is 8.78 Å². The topological polar surface area (TPSA) is 12.5 Å². The number of halogens is 5. The predicted molar refractivity (Wildman–Crippen MR) is 93.6 cm³/mol. The van der Waals surface area contributed by atoms with Crippen LogP contribution in [-0.4, -0.2) is 24.4 Å². The first-order valence-corrected chi connectivity index (χ1v) is 9.29. The first-order valence-electron chi connectivity index (χ1n) is 9.29. The Hall–Kier alpha value is -2.15. The molecule has 1 aliphatic carbocycles. The molecule has 7 heteroatoms. The van der Waals surface area contributed by atoms with Gasteiger partial charge in [0.05, 0.1) is 0 Å². The van der Waals surface area contributed by atoms with Crippen molar-refractivity contribution in [2.75, 3.05) is 13.1 Å². The molecule has 150 valence electrons. The van der Waals surface area contributed by atoms with Gasteiger partial charge in [-0.05, 0) is 66.5 Å². The van der Waals surface area contributed by atoms with Crippen LogP contribution in [0.15, 0.2) is 42.5 Å². The Morgan fingerprint density at radius 1 is 1.00 bits per heavy atom. The summed E-state index contributed by atoms with van der Waals surface area (Å²) in [6.45, 7) is 2.10. The van der Waals surface area contributed by atoms with Crippen molar-refractivity contribution in [2.45, 2.75) is 25.7 Å². The Morgan fingerprint density at radius 3 is 2.46 bits per heavy atom. The molecule has 0 aromatic heterocycles. The fourth-order valence-corrected chi connectivity index (χ4v) is 4.43. The maximum absolute atomic E-state index is 13.8. The predicted octanol–water partition coefficient (Wildman–Crippen LogP) is 5.17. The van der Waals surface area contributed by atoms with E-state index in [0.717, 1.165) is 37.2 Å². The zero-order chi connectivity index (χ0) is 19.9. The van der Waals surface area contributed by atoms with Gasteiger partial charge in [-0.3, -0.25) is 4.90 Å². The van der Waals surface area contributed by atoms with Crippen molar-refractivity contribution in [2.24, 2.45) is 17.8 Å². The standard InChI is InChI=1S/C21H20F5NO/c22-15-5-7-20(23)14(9-15)10-27-11-18-17(19(18)12-27)6-4-13-2-1-3-16(8-13)28-21(24,25)26/h1-3,5,7-9,17-19H,4,6,10-12H2. The zero-order valence-corrected chi connectivity index (χ0v) is 15.1. The fourth-order valence-electron chi connectivity index (χ4n) is 4.43. The quantitative estimate of drug-likeness (QED) is 0.624. The maximum atomic E-state index is 13.8. The summed E-state index contributed by atoms with van der Waals surface area (Å²) in [5.41, 5.74) is 1.20. The van der Waals surface area contributed by atoms with Gasteiger partial charge in [0.25, 0.3) is 0 Å². The van der Waals surface area contributed by atoms with E-state index in [1.54, 1.807) is 12.1 Å². The van der Waals surface area contributed by atoms with Gasteiger partial charge >= 0.3 is 6.36 Å². The minimum atomic E-state index is -4.68. The van der Waals surface area contributed by atoms with E-state index < -0.39 is 12.2 Å². The Balaban J connectivity index is 1.26. The first kappa shape index (κ1) is 19.2. The molecule has 0 bridgehead atoms. The Morgan fingerprint density at radius 2 is 1.75 bits per heavy atom. The van der Waals surface area contributed by atoms with Crippen LogP contribution in [0.3, 0.4) is 0 Å². The summed E-state index contributed by atoms with van der Waals surface area (Å²) in [7, 11) is 0. The summed E-state index contributed by atoms with van der Waals surface area (Å²) in [6, 6.07) is 9.62. The van der Waals surface area contributed by atoms with Crippen molar-refractivity contribution in [1.29, 1.82) is 0 Å². The van der Waals surface area contributed by atoms with Crippen molar-refractivity contribution in [3.05, 3.63) is 65.2 Å². The fraction of sp³-hybridized carbons (Fsp3) is 0.429. The molecule has 28 heavy (non-hydrogen) atoms. The van der Waals surface area contributed by atoms with E-state index in [0.29, 0.717) is 36.3 Å². The van der Waals surface area contributed by atoms with Gasteiger partial charge in [0.2, 0.25) is 0 Å². The molecule has 2 aromatic carbocycles. The highest BCUT2D eigenvalue weighted by molar-refractivity contribution is 5.29. The summed E-state index contributed by atoms with van der Waals surface area (Å²) in [5.74, 6) is 0.595. The molecule has 0 spiro atoms. The number of likely N-dealkylation sites (tertiary alicyclic amines) is 1. The molecule has 0 N–H and O–H groups in total. The smallest absolute Gasteiger partial charge is 0.406 e. The van der Waals surface area contributed by atoms with E-state index in [9.17, 15) is 22.0 Å². The molecule has 2 aromatic rings. The minimum absolute atomic E-state index is 0.190. The number of piperidine rings is 1. The molecule has 4 rings (SSSR count). The number of ether oxygens (including phenoxy) is 1. The van der Waals surface area contributed by atoms with E-state index in [1.165, 1.54) is 18.2 Å². The van der Waals surface area contributed by atoms with Crippen LogP contribution >= 0.6 is 0 Å². The summed E-state index contributed by atoms with van der Waals surface area (Å²) >= 11 is 0. The minimum Gasteiger partial charge on any atom is -0.406 e. The van der Waals surface area contributed by atoms with Crippen LogP contribution in [0.1, 0.15) is 17.5 Å². The Bertz CT molecular complexity index is 841. The van der Waals surface area contributed by atoms with Crippen LogP contribution < -0.4 is 4.74 Å². The third-order valence-electron chi connectivity index (χ3n) is 5.75. The molecule has 2 fully saturated rings. The lowest BCUT2D eigenvalue weighted by Crippen LogP contribution is -2.24. The van der Waals surface area contributed by atoms with Gasteiger partial charge in [0, 0.05) is 25.2 Å². The van der Waals surface area contributed by atoms with Crippen LogP contribution in [0, 0.1) is 29.4 Å². The number of fused-ring (bicyclic) bond motifs is 1. The summed E-state index contributed by atoms with van der Waals surface area (Å²) in [6.07, 6.45) is -3.07. The Labute approximate surface area is 159 Å². The van der Waals surface area contributed by atoms with Crippen LogP contribution in [-0.2, 0) is 13.0 Å². The molecule has 2 aliphatic rings. The molecule has 1 saturated carbocycles. The van der Waals surface area contributed by atoms with E-state index in [2.05, 4.69) is 9.64 Å². The monoisotopic (exact) mass is 397 g/mol. The van der Waals surface area contributed by atoms with Crippen LogP contribution in [0.25, 0.3) is 0 Å². The molecule has 1 heterocycles. The van der Waals surface area contributed by atoms with E-state index >= 15 is 0 Å². The number of aryl methyl sites for hydroxylation is 1. The largest absolute Gasteiger partial charge is 0.573 e. The lowest BCUT2D eigenvalue weighted by atomic mass is 10.0. The molecule has 1 saturated heterocycles. The second-order valence-electron chi connectivity index (χ2n) is 7.66. The number of hydrogen-bond donors (Lipinski definition) is 0. The highest BCUT2D eigenvalue weighted by atomic mass is 19.4. The van der Waals surface area contributed by atoms with Gasteiger partial charge < -0.3 is 4.74 Å². The van der Waals surface area contributed by atoms with Gasteiger partial charge in [-0.2, -0.15) is 0 Å². The molecular weight excluding hydrogens is 377 g/mol. The number of rotatable bonds is 6. The van der Waals surface area contributed by atoms with Crippen molar-refractivity contribution in [3.63, 3.8) is 0 Å². The molecule has 0 amide bonds. The lowest BCUT2D eigenvalue weighted by molar-refractivity contribution is -0.274. The average Bonchev–Trinajstić information content (AvgIpc) is 3.06. The van der Waals surface area contributed by atoms with E-state index in [1.807, 2.05) is 0 Å². The van der Waals surface area contributed by atoms with Crippen LogP contribution in [0.4, 0.5) is 22.0 Å². The van der Waals surface area contributed by atoms with E-state index in [4.69, 9.17) is 0 Å². The maximum Gasteiger partial charge on any atom is 0.573 e.